The molecule has 1 N–H and O–H groups in total. The Morgan fingerprint density at radius 2 is 2.11 bits per heavy atom. The Hall–Kier alpha value is -1.02. The molecule has 2 rings (SSSR count). The van der Waals surface area contributed by atoms with Crippen molar-refractivity contribution in [3.8, 4) is 5.75 Å². The van der Waals surface area contributed by atoms with Crippen molar-refractivity contribution >= 4 is 0 Å². The zero-order valence-corrected chi connectivity index (χ0v) is 11.8. The summed E-state index contributed by atoms with van der Waals surface area (Å²) in [5, 5.41) is 3.45. The van der Waals surface area contributed by atoms with Gasteiger partial charge in [-0.05, 0) is 32.4 Å². The second-order valence-electron chi connectivity index (χ2n) is 5.33. The number of para-hydroxylation sites is 1. The van der Waals surface area contributed by atoms with E-state index in [9.17, 15) is 0 Å². The Bertz CT molecular complexity index is 390. The number of ether oxygens (including phenoxy) is 1. The van der Waals surface area contributed by atoms with Crippen LogP contribution in [0.1, 0.15) is 57.6 Å². The Morgan fingerprint density at radius 1 is 1.33 bits per heavy atom. The molecular formula is C16H25NO. The second-order valence-corrected chi connectivity index (χ2v) is 5.33. The summed E-state index contributed by atoms with van der Waals surface area (Å²) < 4.78 is 6.36. The van der Waals surface area contributed by atoms with E-state index >= 15 is 0 Å². The van der Waals surface area contributed by atoms with Gasteiger partial charge in [0.25, 0.3) is 0 Å². The van der Waals surface area contributed by atoms with Crippen molar-refractivity contribution in [1.82, 2.24) is 5.32 Å². The van der Waals surface area contributed by atoms with Crippen LogP contribution in [-0.2, 0) is 0 Å². The Morgan fingerprint density at radius 3 is 2.78 bits per heavy atom. The molecule has 2 nitrogen and oxygen atoms in total. The summed E-state index contributed by atoms with van der Waals surface area (Å²) in [5.74, 6) is 1.07. The molecule has 1 aromatic rings. The van der Waals surface area contributed by atoms with Gasteiger partial charge in [-0.1, -0.05) is 38.5 Å². The average Bonchev–Trinajstić information content (AvgIpc) is 2.44. The summed E-state index contributed by atoms with van der Waals surface area (Å²) in [6, 6.07) is 8.87. The van der Waals surface area contributed by atoms with Crippen molar-refractivity contribution in [2.24, 2.45) is 0 Å². The van der Waals surface area contributed by atoms with Crippen LogP contribution < -0.4 is 10.1 Å². The summed E-state index contributed by atoms with van der Waals surface area (Å²) in [6.07, 6.45) is 5.80. The first-order valence-electron chi connectivity index (χ1n) is 7.20. The van der Waals surface area contributed by atoms with Crippen LogP contribution >= 0.6 is 0 Å². The van der Waals surface area contributed by atoms with Gasteiger partial charge in [0.05, 0.1) is 0 Å². The number of hydrogen-bond acceptors (Lipinski definition) is 2. The maximum absolute atomic E-state index is 6.36. The van der Waals surface area contributed by atoms with E-state index in [2.05, 4.69) is 43.4 Å². The van der Waals surface area contributed by atoms with Gasteiger partial charge in [-0.15, -0.1) is 0 Å². The summed E-state index contributed by atoms with van der Waals surface area (Å²) >= 11 is 0. The van der Waals surface area contributed by atoms with Crippen molar-refractivity contribution in [2.75, 3.05) is 7.05 Å². The lowest BCUT2D eigenvalue weighted by molar-refractivity contribution is 0.0176. The first-order valence-corrected chi connectivity index (χ1v) is 7.20. The fraction of sp³-hybridized carbons (Fsp3) is 0.625. The van der Waals surface area contributed by atoms with Gasteiger partial charge in [0.2, 0.25) is 0 Å². The SMILES string of the molecule is CCCCC1(CC)CC(NC)c2ccccc2O1. The molecule has 2 heteroatoms. The molecule has 0 radical (unpaired) electrons. The molecule has 100 valence electrons. The monoisotopic (exact) mass is 247 g/mol. The summed E-state index contributed by atoms with van der Waals surface area (Å²) in [5.41, 5.74) is 1.33. The smallest absolute Gasteiger partial charge is 0.124 e. The minimum absolute atomic E-state index is 0.0258. The molecule has 18 heavy (non-hydrogen) atoms. The van der Waals surface area contributed by atoms with Crippen LogP contribution in [0.2, 0.25) is 0 Å². The van der Waals surface area contributed by atoms with Crippen LogP contribution in [0.5, 0.6) is 5.75 Å². The molecule has 2 atom stereocenters. The highest BCUT2D eigenvalue weighted by Crippen LogP contribution is 2.43. The van der Waals surface area contributed by atoms with Gasteiger partial charge in [-0.25, -0.2) is 0 Å². The van der Waals surface area contributed by atoms with Gasteiger partial charge in [-0.3, -0.25) is 0 Å². The summed E-state index contributed by atoms with van der Waals surface area (Å²) in [7, 11) is 2.05. The van der Waals surface area contributed by atoms with E-state index < -0.39 is 0 Å². The predicted octanol–water partition coefficient (Wildman–Crippen LogP) is 4.07. The zero-order chi connectivity index (χ0) is 13.0. The third kappa shape index (κ3) is 2.54. The molecule has 1 aliphatic rings. The quantitative estimate of drug-likeness (QED) is 0.847. The third-order valence-electron chi connectivity index (χ3n) is 4.18. The van der Waals surface area contributed by atoms with E-state index in [0.717, 1.165) is 25.0 Å². The highest BCUT2D eigenvalue weighted by Gasteiger charge is 2.38. The standard InChI is InChI=1S/C16H25NO/c1-4-6-11-16(5-2)12-14(17-3)13-9-7-8-10-15(13)18-16/h7-10,14,17H,4-6,11-12H2,1-3H3. The van der Waals surface area contributed by atoms with Crippen LogP contribution in [0.3, 0.4) is 0 Å². The second kappa shape index (κ2) is 5.75. The van der Waals surface area contributed by atoms with Crippen molar-refractivity contribution < 1.29 is 4.74 Å². The topological polar surface area (TPSA) is 21.3 Å². The molecule has 1 heterocycles. The Kier molecular flexibility index (Phi) is 4.28. The molecule has 0 aromatic heterocycles. The molecule has 0 bridgehead atoms. The molecule has 0 aliphatic carbocycles. The Labute approximate surface area is 111 Å². The van der Waals surface area contributed by atoms with E-state index in [1.54, 1.807) is 0 Å². The van der Waals surface area contributed by atoms with E-state index in [-0.39, 0.29) is 5.60 Å². The number of fused-ring (bicyclic) bond motifs is 1. The average molecular weight is 247 g/mol. The lowest BCUT2D eigenvalue weighted by Crippen LogP contribution is -2.43. The van der Waals surface area contributed by atoms with Crippen LogP contribution in [0.25, 0.3) is 0 Å². The minimum atomic E-state index is 0.0258. The maximum atomic E-state index is 6.36. The number of hydrogen-bond donors (Lipinski definition) is 1. The number of benzene rings is 1. The van der Waals surface area contributed by atoms with Crippen molar-refractivity contribution in [3.05, 3.63) is 29.8 Å². The molecule has 1 aromatic carbocycles. The maximum Gasteiger partial charge on any atom is 0.124 e. The molecule has 0 fully saturated rings. The number of rotatable bonds is 5. The van der Waals surface area contributed by atoms with Crippen molar-refractivity contribution in [2.45, 2.75) is 57.6 Å². The van der Waals surface area contributed by atoms with Crippen LogP contribution in [-0.4, -0.2) is 12.6 Å². The molecule has 0 saturated carbocycles. The molecule has 2 unspecified atom stereocenters. The van der Waals surface area contributed by atoms with Crippen LogP contribution in [0.15, 0.2) is 24.3 Å². The fourth-order valence-corrected chi connectivity index (χ4v) is 2.92. The van der Waals surface area contributed by atoms with Crippen LogP contribution in [0.4, 0.5) is 0 Å². The molecule has 0 saturated heterocycles. The lowest BCUT2D eigenvalue weighted by atomic mass is 9.82. The number of unbranched alkanes of at least 4 members (excludes halogenated alkanes) is 1. The van der Waals surface area contributed by atoms with E-state index in [1.165, 1.54) is 18.4 Å². The summed E-state index contributed by atoms with van der Waals surface area (Å²) in [4.78, 5) is 0. The summed E-state index contributed by atoms with van der Waals surface area (Å²) in [6.45, 7) is 4.49. The normalized spacial score (nSPS) is 26.5. The lowest BCUT2D eigenvalue weighted by Gasteiger charge is -2.42. The largest absolute Gasteiger partial charge is 0.487 e. The highest BCUT2D eigenvalue weighted by atomic mass is 16.5. The fourth-order valence-electron chi connectivity index (χ4n) is 2.92. The molecular weight excluding hydrogens is 222 g/mol. The molecule has 1 aliphatic heterocycles. The first kappa shape index (κ1) is 13.4. The van der Waals surface area contributed by atoms with E-state index in [4.69, 9.17) is 4.74 Å². The van der Waals surface area contributed by atoms with Gasteiger partial charge in [0.15, 0.2) is 0 Å². The van der Waals surface area contributed by atoms with E-state index in [0.29, 0.717) is 6.04 Å². The highest BCUT2D eigenvalue weighted by molar-refractivity contribution is 5.38. The van der Waals surface area contributed by atoms with Gasteiger partial charge >= 0.3 is 0 Å². The Balaban J connectivity index is 2.27. The van der Waals surface area contributed by atoms with E-state index in [1.807, 2.05) is 7.05 Å². The van der Waals surface area contributed by atoms with Crippen LogP contribution in [0, 0.1) is 0 Å². The number of nitrogens with one attached hydrogen (secondary N) is 1. The minimum Gasteiger partial charge on any atom is -0.487 e. The van der Waals surface area contributed by atoms with Gasteiger partial charge in [0.1, 0.15) is 11.4 Å². The van der Waals surface area contributed by atoms with Gasteiger partial charge in [-0.2, -0.15) is 0 Å². The molecule has 0 spiro atoms. The van der Waals surface area contributed by atoms with Crippen molar-refractivity contribution in [3.63, 3.8) is 0 Å². The third-order valence-corrected chi connectivity index (χ3v) is 4.18. The first-order chi connectivity index (χ1) is 8.74. The van der Waals surface area contributed by atoms with Gasteiger partial charge in [0, 0.05) is 18.0 Å². The van der Waals surface area contributed by atoms with Gasteiger partial charge < -0.3 is 10.1 Å². The van der Waals surface area contributed by atoms with Crippen molar-refractivity contribution in [1.29, 1.82) is 0 Å². The zero-order valence-electron chi connectivity index (χ0n) is 11.8. The molecule has 0 amide bonds. The predicted molar refractivity (Wildman–Crippen MR) is 76.0 cm³/mol.